The lowest BCUT2D eigenvalue weighted by Crippen LogP contribution is -2.19. The Hall–Kier alpha value is -1.28. The zero-order valence-corrected chi connectivity index (χ0v) is 8.78. The van der Waals surface area contributed by atoms with Crippen molar-refractivity contribution in [2.75, 3.05) is 0 Å². The lowest BCUT2D eigenvalue weighted by molar-refractivity contribution is 0.0712. The normalized spacial score (nSPS) is 12.3. The molecule has 1 N–H and O–H groups in total. The third kappa shape index (κ3) is 1.32. The maximum absolute atomic E-state index is 9.95. The first-order valence-electron chi connectivity index (χ1n) is 4.77. The maximum Gasteiger partial charge on any atom is 0.0989 e. The molecule has 14 heavy (non-hydrogen) atoms. The van der Waals surface area contributed by atoms with E-state index < -0.39 is 5.60 Å². The quantitative estimate of drug-likeness (QED) is 0.732. The second-order valence-electron chi connectivity index (χ2n) is 4.21. The molecule has 74 valence electrons. The van der Waals surface area contributed by atoms with Gasteiger partial charge in [-0.3, -0.25) is 0 Å². The van der Waals surface area contributed by atoms with Crippen molar-refractivity contribution in [2.24, 2.45) is 7.05 Å². The van der Waals surface area contributed by atoms with Gasteiger partial charge in [0.2, 0.25) is 0 Å². The van der Waals surface area contributed by atoms with Gasteiger partial charge in [0.15, 0.2) is 0 Å². The smallest absolute Gasteiger partial charge is 0.0989 e. The fraction of sp³-hybridized carbons (Fsp3) is 0.333. The van der Waals surface area contributed by atoms with Crippen LogP contribution in [0.2, 0.25) is 0 Å². The summed E-state index contributed by atoms with van der Waals surface area (Å²) in [6, 6.07) is 10.2. The summed E-state index contributed by atoms with van der Waals surface area (Å²) >= 11 is 0. The lowest BCUT2D eigenvalue weighted by Gasteiger charge is -2.18. The van der Waals surface area contributed by atoms with Crippen LogP contribution in [0.25, 0.3) is 10.9 Å². The van der Waals surface area contributed by atoms with Gasteiger partial charge in [-0.25, -0.2) is 0 Å². The van der Waals surface area contributed by atoms with E-state index in [1.54, 1.807) is 13.8 Å². The number of aliphatic hydroxyl groups is 1. The van der Waals surface area contributed by atoms with Gasteiger partial charge in [0.05, 0.1) is 5.60 Å². The van der Waals surface area contributed by atoms with Crippen molar-refractivity contribution in [3.05, 3.63) is 36.0 Å². The van der Waals surface area contributed by atoms with Gasteiger partial charge in [-0.1, -0.05) is 18.2 Å². The van der Waals surface area contributed by atoms with E-state index in [0.717, 1.165) is 11.2 Å². The first kappa shape index (κ1) is 9.28. The molecule has 2 aromatic rings. The van der Waals surface area contributed by atoms with Gasteiger partial charge in [-0.05, 0) is 31.4 Å². The molecule has 0 aliphatic heterocycles. The topological polar surface area (TPSA) is 25.2 Å². The highest BCUT2D eigenvalue weighted by Gasteiger charge is 2.20. The third-order valence-corrected chi connectivity index (χ3v) is 2.58. The summed E-state index contributed by atoms with van der Waals surface area (Å²) in [5.74, 6) is 0. The van der Waals surface area contributed by atoms with E-state index in [4.69, 9.17) is 0 Å². The van der Waals surface area contributed by atoms with Crippen LogP contribution in [-0.4, -0.2) is 9.67 Å². The summed E-state index contributed by atoms with van der Waals surface area (Å²) in [6.45, 7) is 3.61. The summed E-state index contributed by atoms with van der Waals surface area (Å²) in [5, 5.41) is 11.1. The molecule has 2 heteroatoms. The molecule has 0 radical (unpaired) electrons. The van der Waals surface area contributed by atoms with Crippen LogP contribution < -0.4 is 0 Å². The Bertz CT molecular complexity index is 463. The van der Waals surface area contributed by atoms with Crippen LogP contribution in [0.3, 0.4) is 0 Å². The van der Waals surface area contributed by atoms with Crippen LogP contribution in [0.1, 0.15) is 19.5 Å². The fourth-order valence-corrected chi connectivity index (χ4v) is 1.88. The second-order valence-corrected chi connectivity index (χ2v) is 4.21. The van der Waals surface area contributed by atoms with Crippen molar-refractivity contribution in [1.82, 2.24) is 4.57 Å². The molecule has 0 bridgehead atoms. The van der Waals surface area contributed by atoms with Gasteiger partial charge in [-0.15, -0.1) is 0 Å². The number of hydrogen-bond acceptors (Lipinski definition) is 1. The highest BCUT2D eigenvalue weighted by atomic mass is 16.3. The Morgan fingerprint density at radius 2 is 1.86 bits per heavy atom. The summed E-state index contributed by atoms with van der Waals surface area (Å²) < 4.78 is 2.04. The number of aryl methyl sites for hydroxylation is 1. The fourth-order valence-electron chi connectivity index (χ4n) is 1.88. The highest BCUT2D eigenvalue weighted by molar-refractivity contribution is 5.81. The minimum absolute atomic E-state index is 0.784. The molecule has 0 saturated heterocycles. The first-order valence-corrected chi connectivity index (χ1v) is 4.77. The molecular weight excluding hydrogens is 174 g/mol. The molecule has 1 aromatic carbocycles. The molecule has 0 amide bonds. The summed E-state index contributed by atoms with van der Waals surface area (Å²) in [6.07, 6.45) is 0. The average Bonchev–Trinajstić information content (AvgIpc) is 2.44. The van der Waals surface area contributed by atoms with Gasteiger partial charge in [0, 0.05) is 18.3 Å². The van der Waals surface area contributed by atoms with Crippen LogP contribution in [0.5, 0.6) is 0 Å². The molecule has 0 aliphatic carbocycles. The Morgan fingerprint density at radius 3 is 2.43 bits per heavy atom. The van der Waals surface area contributed by atoms with Crippen LogP contribution in [0.4, 0.5) is 0 Å². The zero-order valence-electron chi connectivity index (χ0n) is 8.78. The van der Waals surface area contributed by atoms with Crippen molar-refractivity contribution < 1.29 is 5.11 Å². The summed E-state index contributed by atoms with van der Waals surface area (Å²) in [5.41, 5.74) is 1.32. The number of rotatable bonds is 1. The van der Waals surface area contributed by atoms with E-state index in [1.165, 1.54) is 5.39 Å². The standard InChI is InChI=1S/C12H15NO/c1-12(2,14)11-8-9-6-4-5-7-10(9)13(11)3/h4-8,14H,1-3H3. The largest absolute Gasteiger partial charge is 0.384 e. The van der Waals surface area contributed by atoms with Gasteiger partial charge in [0.25, 0.3) is 0 Å². The van der Waals surface area contributed by atoms with Crippen LogP contribution >= 0.6 is 0 Å². The highest BCUT2D eigenvalue weighted by Crippen LogP contribution is 2.26. The van der Waals surface area contributed by atoms with E-state index in [1.807, 2.05) is 29.8 Å². The predicted molar refractivity (Wildman–Crippen MR) is 58.2 cm³/mol. The molecule has 2 rings (SSSR count). The van der Waals surface area contributed by atoms with E-state index in [0.29, 0.717) is 0 Å². The van der Waals surface area contributed by atoms with Crippen LogP contribution in [0.15, 0.2) is 30.3 Å². The van der Waals surface area contributed by atoms with Gasteiger partial charge < -0.3 is 9.67 Å². The zero-order chi connectivity index (χ0) is 10.3. The van der Waals surface area contributed by atoms with Crippen molar-refractivity contribution in [1.29, 1.82) is 0 Å². The number of para-hydroxylation sites is 1. The monoisotopic (exact) mass is 189 g/mol. The molecule has 2 nitrogen and oxygen atoms in total. The van der Waals surface area contributed by atoms with Crippen molar-refractivity contribution in [3.8, 4) is 0 Å². The number of nitrogens with zero attached hydrogens (tertiary/aromatic N) is 1. The Morgan fingerprint density at radius 1 is 1.21 bits per heavy atom. The Balaban J connectivity index is 2.75. The van der Waals surface area contributed by atoms with Gasteiger partial charge in [0.1, 0.15) is 0 Å². The van der Waals surface area contributed by atoms with Crippen molar-refractivity contribution in [2.45, 2.75) is 19.4 Å². The predicted octanol–water partition coefficient (Wildman–Crippen LogP) is 2.41. The molecular formula is C12H15NO. The van der Waals surface area contributed by atoms with Crippen molar-refractivity contribution >= 4 is 10.9 Å². The third-order valence-electron chi connectivity index (χ3n) is 2.58. The minimum atomic E-state index is -0.784. The minimum Gasteiger partial charge on any atom is -0.384 e. The van der Waals surface area contributed by atoms with Crippen LogP contribution in [0, 0.1) is 0 Å². The number of aromatic nitrogens is 1. The number of hydrogen-bond donors (Lipinski definition) is 1. The van der Waals surface area contributed by atoms with Gasteiger partial charge >= 0.3 is 0 Å². The first-order chi connectivity index (χ1) is 6.50. The molecule has 0 fully saturated rings. The van der Waals surface area contributed by atoms with E-state index in [-0.39, 0.29) is 0 Å². The number of fused-ring (bicyclic) bond motifs is 1. The Labute approximate surface area is 83.8 Å². The molecule has 0 saturated carbocycles. The van der Waals surface area contributed by atoms with Gasteiger partial charge in [-0.2, -0.15) is 0 Å². The van der Waals surface area contributed by atoms with Crippen LogP contribution in [-0.2, 0) is 12.6 Å². The maximum atomic E-state index is 9.95. The molecule has 1 aromatic heterocycles. The number of benzene rings is 1. The molecule has 0 unspecified atom stereocenters. The molecule has 1 heterocycles. The average molecular weight is 189 g/mol. The van der Waals surface area contributed by atoms with E-state index in [2.05, 4.69) is 12.1 Å². The summed E-state index contributed by atoms with van der Waals surface area (Å²) in [4.78, 5) is 0. The molecule has 0 atom stereocenters. The summed E-state index contributed by atoms with van der Waals surface area (Å²) in [7, 11) is 1.98. The SMILES string of the molecule is Cn1c(C(C)(C)O)cc2ccccc21. The Kier molecular flexibility index (Phi) is 1.89. The second kappa shape index (κ2) is 2.85. The lowest BCUT2D eigenvalue weighted by atomic mass is 10.1. The molecule has 0 aliphatic rings. The van der Waals surface area contributed by atoms with Crippen molar-refractivity contribution in [3.63, 3.8) is 0 Å². The molecule has 0 spiro atoms. The van der Waals surface area contributed by atoms with E-state index >= 15 is 0 Å². The van der Waals surface area contributed by atoms with E-state index in [9.17, 15) is 5.11 Å².